The zero-order valence-corrected chi connectivity index (χ0v) is 12.0. The van der Waals surface area contributed by atoms with Gasteiger partial charge in [-0.15, -0.1) is 0 Å². The van der Waals surface area contributed by atoms with Gasteiger partial charge >= 0.3 is 0 Å². The molecule has 21 heavy (non-hydrogen) atoms. The summed E-state index contributed by atoms with van der Waals surface area (Å²) in [6, 6.07) is 3.44. The number of hydrogen-bond acceptors (Lipinski definition) is 2. The molecule has 1 N–H and O–H groups in total. The molecule has 1 amide bonds. The normalized spacial score (nSPS) is 27.2. The van der Waals surface area contributed by atoms with Crippen molar-refractivity contribution in [2.24, 2.45) is 0 Å². The van der Waals surface area contributed by atoms with Crippen LogP contribution in [0.2, 0.25) is 0 Å². The molecule has 1 aromatic carbocycles. The predicted molar refractivity (Wildman–Crippen MR) is 73.8 cm³/mol. The number of amides is 1. The summed E-state index contributed by atoms with van der Waals surface area (Å²) >= 11 is 0. The topological polar surface area (TPSA) is 38.3 Å². The Morgan fingerprint density at radius 3 is 2.67 bits per heavy atom. The lowest BCUT2D eigenvalue weighted by molar-refractivity contribution is -0.131. The van der Waals surface area contributed by atoms with Crippen LogP contribution < -0.4 is 5.32 Å². The first-order valence-electron chi connectivity index (χ1n) is 7.41. The van der Waals surface area contributed by atoms with Crippen molar-refractivity contribution in [2.75, 3.05) is 6.61 Å². The van der Waals surface area contributed by atoms with Crippen LogP contribution in [0.3, 0.4) is 0 Å². The molecule has 1 saturated carbocycles. The summed E-state index contributed by atoms with van der Waals surface area (Å²) in [5.74, 6) is -1.42. The van der Waals surface area contributed by atoms with E-state index in [-0.39, 0.29) is 18.1 Å². The smallest absolute Gasteiger partial charge is 0.231 e. The third kappa shape index (κ3) is 2.44. The van der Waals surface area contributed by atoms with Gasteiger partial charge in [0.05, 0.1) is 17.6 Å². The van der Waals surface area contributed by atoms with E-state index in [9.17, 15) is 13.6 Å². The maximum absolute atomic E-state index is 14.1. The maximum atomic E-state index is 14.1. The number of carbonyl (C=O) groups is 1. The third-order valence-corrected chi connectivity index (χ3v) is 4.78. The van der Waals surface area contributed by atoms with Gasteiger partial charge in [0.15, 0.2) is 0 Å². The van der Waals surface area contributed by atoms with Gasteiger partial charge in [-0.2, -0.15) is 0 Å². The predicted octanol–water partition coefficient (Wildman–Crippen LogP) is 2.68. The van der Waals surface area contributed by atoms with E-state index in [1.54, 1.807) is 0 Å². The number of halogens is 2. The van der Waals surface area contributed by atoms with Gasteiger partial charge in [-0.25, -0.2) is 8.78 Å². The molecule has 0 bridgehead atoms. The van der Waals surface area contributed by atoms with Gasteiger partial charge in [-0.3, -0.25) is 4.79 Å². The molecule has 3 nitrogen and oxygen atoms in total. The summed E-state index contributed by atoms with van der Waals surface area (Å²) in [6.07, 6.45) is 2.83. The fourth-order valence-corrected chi connectivity index (χ4v) is 3.25. The Morgan fingerprint density at radius 2 is 2.14 bits per heavy atom. The standard InChI is InChI=1S/C16H19F2NO2/c1-10-14(5-8-21-10)19-15(20)16(6-2-7-16)12-4-3-11(17)9-13(12)18/h3-4,9-10,14H,2,5-8H2,1H3,(H,19,20). The van der Waals surface area contributed by atoms with E-state index >= 15 is 0 Å². The minimum absolute atomic E-state index is 0.0239. The maximum Gasteiger partial charge on any atom is 0.231 e. The first-order valence-corrected chi connectivity index (χ1v) is 7.41. The number of rotatable bonds is 3. The lowest BCUT2D eigenvalue weighted by Crippen LogP contribution is -2.53. The van der Waals surface area contributed by atoms with Crippen molar-refractivity contribution in [3.63, 3.8) is 0 Å². The number of hydrogen-bond donors (Lipinski definition) is 1. The highest BCUT2D eigenvalue weighted by molar-refractivity contribution is 5.89. The molecule has 2 unspecified atom stereocenters. The van der Waals surface area contributed by atoms with E-state index in [1.165, 1.54) is 12.1 Å². The number of nitrogens with one attached hydrogen (secondary N) is 1. The van der Waals surface area contributed by atoms with Gasteiger partial charge in [0.25, 0.3) is 0 Å². The van der Waals surface area contributed by atoms with Crippen LogP contribution >= 0.6 is 0 Å². The van der Waals surface area contributed by atoms with Gasteiger partial charge in [0.1, 0.15) is 11.6 Å². The lowest BCUT2D eigenvalue weighted by Gasteiger charge is -2.41. The highest BCUT2D eigenvalue weighted by Gasteiger charge is 2.48. The molecule has 1 heterocycles. The number of carbonyl (C=O) groups excluding carboxylic acids is 1. The summed E-state index contributed by atoms with van der Waals surface area (Å²) in [5.41, 5.74) is -0.542. The summed E-state index contributed by atoms with van der Waals surface area (Å²) in [6.45, 7) is 2.55. The molecule has 0 radical (unpaired) electrons. The summed E-state index contributed by atoms with van der Waals surface area (Å²) in [5, 5.41) is 2.99. The Balaban J connectivity index is 1.84. The second kappa shape index (κ2) is 5.37. The Hall–Kier alpha value is -1.49. The van der Waals surface area contributed by atoms with Crippen molar-refractivity contribution >= 4 is 5.91 Å². The number of ether oxygens (including phenoxy) is 1. The van der Waals surface area contributed by atoms with E-state index in [1.807, 2.05) is 6.92 Å². The van der Waals surface area contributed by atoms with Crippen molar-refractivity contribution in [3.05, 3.63) is 35.4 Å². The molecule has 3 rings (SSSR count). The molecular formula is C16H19F2NO2. The van der Waals surface area contributed by atoms with Gasteiger partial charge in [0, 0.05) is 18.2 Å². The van der Waals surface area contributed by atoms with Crippen molar-refractivity contribution in [1.29, 1.82) is 0 Å². The zero-order valence-electron chi connectivity index (χ0n) is 12.0. The number of benzene rings is 1. The minimum Gasteiger partial charge on any atom is -0.376 e. The quantitative estimate of drug-likeness (QED) is 0.931. The molecule has 1 aromatic rings. The van der Waals surface area contributed by atoms with Crippen LogP contribution in [0, 0.1) is 11.6 Å². The molecule has 1 aliphatic carbocycles. The highest BCUT2D eigenvalue weighted by Crippen LogP contribution is 2.45. The van der Waals surface area contributed by atoms with E-state index < -0.39 is 17.0 Å². The van der Waals surface area contributed by atoms with E-state index in [4.69, 9.17) is 4.74 Å². The van der Waals surface area contributed by atoms with Crippen molar-refractivity contribution in [3.8, 4) is 0 Å². The Bertz CT molecular complexity index is 557. The van der Waals surface area contributed by atoms with Crippen LogP contribution in [0.1, 0.15) is 38.2 Å². The first-order chi connectivity index (χ1) is 10.0. The Labute approximate surface area is 122 Å². The van der Waals surface area contributed by atoms with Crippen LogP contribution in [-0.4, -0.2) is 24.7 Å². The fourth-order valence-electron chi connectivity index (χ4n) is 3.25. The zero-order chi connectivity index (χ0) is 15.0. The van der Waals surface area contributed by atoms with E-state index in [0.29, 0.717) is 25.0 Å². The fraction of sp³-hybridized carbons (Fsp3) is 0.562. The van der Waals surface area contributed by atoms with Crippen LogP contribution in [0.25, 0.3) is 0 Å². The Kier molecular flexibility index (Phi) is 3.69. The van der Waals surface area contributed by atoms with E-state index in [2.05, 4.69) is 5.32 Å². The summed E-state index contributed by atoms with van der Waals surface area (Å²) in [7, 11) is 0. The van der Waals surface area contributed by atoms with Crippen LogP contribution in [0.5, 0.6) is 0 Å². The molecule has 1 aliphatic heterocycles. The third-order valence-electron chi connectivity index (χ3n) is 4.78. The van der Waals surface area contributed by atoms with Crippen LogP contribution in [0.15, 0.2) is 18.2 Å². The Morgan fingerprint density at radius 1 is 1.38 bits per heavy atom. The summed E-state index contributed by atoms with van der Waals surface area (Å²) in [4.78, 5) is 12.7. The molecule has 1 saturated heterocycles. The molecule has 0 aromatic heterocycles. The van der Waals surface area contributed by atoms with Gasteiger partial charge < -0.3 is 10.1 Å². The van der Waals surface area contributed by atoms with E-state index in [0.717, 1.165) is 18.9 Å². The van der Waals surface area contributed by atoms with Crippen molar-refractivity contribution < 1.29 is 18.3 Å². The second-order valence-corrected chi connectivity index (χ2v) is 6.00. The largest absolute Gasteiger partial charge is 0.376 e. The average molecular weight is 295 g/mol. The lowest BCUT2D eigenvalue weighted by atomic mass is 9.63. The SMILES string of the molecule is CC1OCCC1NC(=O)C1(c2ccc(F)cc2F)CCC1. The molecule has 2 fully saturated rings. The molecule has 2 atom stereocenters. The molecule has 114 valence electrons. The van der Waals surface area contributed by atoms with Gasteiger partial charge in [-0.1, -0.05) is 12.5 Å². The first kappa shape index (κ1) is 14.4. The van der Waals surface area contributed by atoms with Crippen LogP contribution in [-0.2, 0) is 14.9 Å². The second-order valence-electron chi connectivity index (χ2n) is 6.00. The highest BCUT2D eigenvalue weighted by atomic mass is 19.1. The van der Waals surface area contributed by atoms with Gasteiger partial charge in [-0.05, 0) is 32.3 Å². The van der Waals surface area contributed by atoms with Crippen molar-refractivity contribution in [2.45, 2.75) is 50.2 Å². The summed E-state index contributed by atoms with van der Waals surface area (Å²) < 4.78 is 32.6. The van der Waals surface area contributed by atoms with Crippen molar-refractivity contribution in [1.82, 2.24) is 5.32 Å². The van der Waals surface area contributed by atoms with Gasteiger partial charge in [0.2, 0.25) is 5.91 Å². The minimum atomic E-state index is -0.847. The monoisotopic (exact) mass is 295 g/mol. The molecular weight excluding hydrogens is 276 g/mol. The molecule has 5 heteroatoms. The van der Waals surface area contributed by atoms with Crippen LogP contribution in [0.4, 0.5) is 8.78 Å². The average Bonchev–Trinajstić information content (AvgIpc) is 2.76. The molecule has 0 spiro atoms. The molecule has 2 aliphatic rings.